The molecule has 2 N–H and O–H groups in total. The van der Waals surface area contributed by atoms with Gasteiger partial charge in [-0.3, -0.25) is 5.41 Å². The number of para-hydroxylation sites is 2. The van der Waals surface area contributed by atoms with Crippen molar-refractivity contribution in [1.29, 1.82) is 5.41 Å². The Morgan fingerprint density at radius 1 is 1.08 bits per heavy atom. The molecular formula is C21H27N3O2. The van der Waals surface area contributed by atoms with Crippen LogP contribution in [0.3, 0.4) is 0 Å². The van der Waals surface area contributed by atoms with Crippen LogP contribution in [0.4, 0.5) is 0 Å². The third kappa shape index (κ3) is 3.99. The zero-order valence-electron chi connectivity index (χ0n) is 15.5. The molecular weight excluding hydrogens is 326 g/mol. The first-order valence-electron chi connectivity index (χ1n) is 9.20. The van der Waals surface area contributed by atoms with Gasteiger partial charge < -0.3 is 19.0 Å². The third-order valence-corrected chi connectivity index (χ3v) is 4.54. The van der Waals surface area contributed by atoms with Crippen LogP contribution in [0.5, 0.6) is 5.75 Å². The zero-order chi connectivity index (χ0) is 18.5. The first kappa shape index (κ1) is 18.3. The van der Waals surface area contributed by atoms with E-state index in [1.807, 2.05) is 64.6 Å². The molecule has 1 aromatic heterocycles. The number of hydrogen-bond acceptors (Lipinski definition) is 3. The Balaban J connectivity index is 1.77. The Morgan fingerprint density at radius 3 is 2.50 bits per heavy atom. The van der Waals surface area contributed by atoms with Crippen LogP contribution in [0, 0.1) is 12.3 Å². The zero-order valence-corrected chi connectivity index (χ0v) is 15.5. The van der Waals surface area contributed by atoms with Crippen molar-refractivity contribution < 1.29 is 9.84 Å². The van der Waals surface area contributed by atoms with Crippen LogP contribution in [-0.4, -0.2) is 27.0 Å². The molecule has 26 heavy (non-hydrogen) atoms. The van der Waals surface area contributed by atoms with Gasteiger partial charge in [-0.05, 0) is 43.2 Å². The fraction of sp³-hybridized carbons (Fsp3) is 0.381. The fourth-order valence-corrected chi connectivity index (χ4v) is 3.18. The molecule has 2 aromatic carbocycles. The summed E-state index contributed by atoms with van der Waals surface area (Å²) in [6.07, 6.45) is 1.43. The van der Waals surface area contributed by atoms with E-state index in [4.69, 9.17) is 10.1 Å². The Bertz CT molecular complexity index is 926. The van der Waals surface area contributed by atoms with Gasteiger partial charge in [-0.15, -0.1) is 0 Å². The van der Waals surface area contributed by atoms with Gasteiger partial charge in [-0.1, -0.05) is 37.6 Å². The molecule has 0 amide bonds. The predicted molar refractivity (Wildman–Crippen MR) is 103 cm³/mol. The van der Waals surface area contributed by atoms with E-state index in [2.05, 4.69) is 6.92 Å². The number of fused-ring (bicyclic) bond motifs is 1. The number of benzene rings is 2. The molecule has 1 heterocycles. The lowest BCUT2D eigenvalue weighted by molar-refractivity contribution is 0.0920. The SMILES string of the molecule is CCCCn1c(=N)n(C[C@H](O)COc2cccc(C)c2)c2ccccc21. The van der Waals surface area contributed by atoms with Crippen LogP contribution in [0.25, 0.3) is 11.0 Å². The second kappa shape index (κ2) is 8.23. The van der Waals surface area contributed by atoms with Gasteiger partial charge in [0.15, 0.2) is 0 Å². The third-order valence-electron chi connectivity index (χ3n) is 4.54. The number of rotatable bonds is 8. The van der Waals surface area contributed by atoms with Gasteiger partial charge in [-0.25, -0.2) is 0 Å². The van der Waals surface area contributed by atoms with Crippen molar-refractivity contribution in [1.82, 2.24) is 9.13 Å². The van der Waals surface area contributed by atoms with Crippen LogP contribution < -0.4 is 10.4 Å². The molecule has 0 aliphatic rings. The molecule has 0 bridgehead atoms. The van der Waals surface area contributed by atoms with E-state index >= 15 is 0 Å². The average Bonchev–Trinajstić information content (AvgIpc) is 2.90. The number of ether oxygens (including phenoxy) is 1. The van der Waals surface area contributed by atoms with Gasteiger partial charge in [0.05, 0.1) is 17.6 Å². The molecule has 5 nitrogen and oxygen atoms in total. The number of nitrogens with one attached hydrogen (secondary N) is 1. The Labute approximate surface area is 154 Å². The Morgan fingerprint density at radius 2 is 1.81 bits per heavy atom. The molecule has 0 aliphatic carbocycles. The van der Waals surface area contributed by atoms with Crippen LogP contribution in [-0.2, 0) is 13.1 Å². The molecule has 0 spiro atoms. The lowest BCUT2D eigenvalue weighted by Gasteiger charge is -2.14. The van der Waals surface area contributed by atoms with Crippen LogP contribution in [0.2, 0.25) is 0 Å². The maximum Gasteiger partial charge on any atom is 0.203 e. The molecule has 0 saturated carbocycles. The molecule has 1 atom stereocenters. The van der Waals surface area contributed by atoms with Crippen molar-refractivity contribution in [3.8, 4) is 5.75 Å². The van der Waals surface area contributed by atoms with E-state index in [0.29, 0.717) is 12.2 Å². The second-order valence-corrected chi connectivity index (χ2v) is 6.71. The van der Waals surface area contributed by atoms with Gasteiger partial charge in [0.2, 0.25) is 5.62 Å². The first-order chi connectivity index (χ1) is 12.6. The summed E-state index contributed by atoms with van der Waals surface area (Å²) in [5.74, 6) is 0.755. The summed E-state index contributed by atoms with van der Waals surface area (Å²) in [6.45, 7) is 5.51. The largest absolute Gasteiger partial charge is 0.491 e. The highest BCUT2D eigenvalue weighted by molar-refractivity contribution is 5.75. The highest BCUT2D eigenvalue weighted by Crippen LogP contribution is 2.15. The van der Waals surface area contributed by atoms with Gasteiger partial charge in [0.1, 0.15) is 18.5 Å². The predicted octanol–water partition coefficient (Wildman–Crippen LogP) is 3.47. The molecule has 3 rings (SSSR count). The number of aromatic nitrogens is 2. The van der Waals surface area contributed by atoms with E-state index < -0.39 is 6.10 Å². The van der Waals surface area contributed by atoms with Crippen molar-refractivity contribution in [3.63, 3.8) is 0 Å². The van der Waals surface area contributed by atoms with Crippen molar-refractivity contribution in [2.24, 2.45) is 0 Å². The monoisotopic (exact) mass is 353 g/mol. The van der Waals surface area contributed by atoms with Crippen LogP contribution in [0.1, 0.15) is 25.3 Å². The number of unbranched alkanes of at least 4 members (excludes halogenated alkanes) is 1. The number of nitrogens with zero attached hydrogens (tertiary/aromatic N) is 2. The molecule has 138 valence electrons. The molecule has 3 aromatic rings. The molecule has 0 aliphatic heterocycles. The summed E-state index contributed by atoms with van der Waals surface area (Å²) in [5, 5.41) is 19.0. The summed E-state index contributed by atoms with van der Waals surface area (Å²) in [4.78, 5) is 0. The summed E-state index contributed by atoms with van der Waals surface area (Å²) in [7, 11) is 0. The van der Waals surface area contributed by atoms with E-state index in [0.717, 1.165) is 41.7 Å². The second-order valence-electron chi connectivity index (χ2n) is 6.71. The minimum atomic E-state index is -0.685. The van der Waals surface area contributed by atoms with Gasteiger partial charge in [-0.2, -0.15) is 0 Å². The van der Waals surface area contributed by atoms with Crippen molar-refractivity contribution in [3.05, 3.63) is 59.7 Å². The summed E-state index contributed by atoms with van der Waals surface area (Å²) in [6, 6.07) is 15.8. The quantitative estimate of drug-likeness (QED) is 0.651. The highest BCUT2D eigenvalue weighted by Gasteiger charge is 2.14. The number of aliphatic hydroxyl groups excluding tert-OH is 1. The van der Waals surface area contributed by atoms with Crippen LogP contribution >= 0.6 is 0 Å². The normalized spacial score (nSPS) is 12.4. The number of aliphatic hydroxyl groups is 1. The Kier molecular flexibility index (Phi) is 5.78. The highest BCUT2D eigenvalue weighted by atomic mass is 16.5. The summed E-state index contributed by atoms with van der Waals surface area (Å²) >= 11 is 0. The lowest BCUT2D eigenvalue weighted by Crippen LogP contribution is -2.31. The minimum Gasteiger partial charge on any atom is -0.491 e. The molecule has 0 fully saturated rings. The van der Waals surface area contributed by atoms with E-state index in [1.165, 1.54) is 0 Å². The van der Waals surface area contributed by atoms with Gasteiger partial charge >= 0.3 is 0 Å². The van der Waals surface area contributed by atoms with Crippen molar-refractivity contribution in [2.45, 2.75) is 45.9 Å². The smallest absolute Gasteiger partial charge is 0.203 e. The Hall–Kier alpha value is -2.53. The van der Waals surface area contributed by atoms with Crippen LogP contribution in [0.15, 0.2) is 48.5 Å². The van der Waals surface area contributed by atoms with E-state index in [1.54, 1.807) is 0 Å². The lowest BCUT2D eigenvalue weighted by atomic mass is 10.2. The number of aryl methyl sites for hydroxylation is 2. The fourth-order valence-electron chi connectivity index (χ4n) is 3.18. The summed E-state index contributed by atoms with van der Waals surface area (Å²) in [5.41, 5.74) is 3.56. The summed E-state index contributed by atoms with van der Waals surface area (Å²) < 4.78 is 9.60. The van der Waals surface area contributed by atoms with E-state index in [9.17, 15) is 5.11 Å². The first-order valence-corrected chi connectivity index (χ1v) is 9.20. The average molecular weight is 353 g/mol. The van der Waals surface area contributed by atoms with Gasteiger partial charge in [0.25, 0.3) is 0 Å². The molecule has 5 heteroatoms. The minimum absolute atomic E-state index is 0.199. The van der Waals surface area contributed by atoms with Crippen molar-refractivity contribution >= 4 is 11.0 Å². The number of hydrogen-bond donors (Lipinski definition) is 2. The maximum absolute atomic E-state index is 10.5. The standard InChI is InChI=1S/C21H27N3O2/c1-3-4-12-23-19-10-5-6-11-20(19)24(21(23)22)14-17(25)15-26-18-9-7-8-16(2)13-18/h5-11,13,17,22,25H,3-4,12,14-15H2,1-2H3/t17-/m0/s1. The van der Waals surface area contributed by atoms with Crippen molar-refractivity contribution in [2.75, 3.05) is 6.61 Å². The van der Waals surface area contributed by atoms with Gasteiger partial charge in [0, 0.05) is 6.54 Å². The molecule has 0 unspecified atom stereocenters. The molecule has 0 radical (unpaired) electrons. The maximum atomic E-state index is 10.5. The molecule has 0 saturated heterocycles. The van der Waals surface area contributed by atoms with E-state index in [-0.39, 0.29) is 6.61 Å². The number of imidazole rings is 1. The topological polar surface area (TPSA) is 63.2 Å².